The van der Waals surface area contributed by atoms with Crippen LogP contribution in [0.4, 0.5) is 10.8 Å². The Hall–Kier alpha value is -2.62. The molecule has 0 amide bonds. The Labute approximate surface area is 198 Å². The van der Waals surface area contributed by atoms with E-state index in [0.717, 1.165) is 47.3 Å². The lowest BCUT2D eigenvalue weighted by atomic mass is 9.93. The average molecular weight is 488 g/mol. The molecule has 0 aliphatic carbocycles. The first kappa shape index (κ1) is 23.5. The van der Waals surface area contributed by atoms with Gasteiger partial charge in [0, 0.05) is 25.3 Å². The van der Waals surface area contributed by atoms with Gasteiger partial charge in [0.25, 0.3) is 10.0 Å². The number of phenolic OH excluding ortho intramolecular Hbond substituents is 1. The number of hydrogen-bond donors (Lipinski definition) is 3. The van der Waals surface area contributed by atoms with Crippen molar-refractivity contribution < 1.29 is 18.3 Å². The molecule has 0 radical (unpaired) electrons. The Morgan fingerprint density at radius 1 is 1.15 bits per heavy atom. The van der Waals surface area contributed by atoms with Gasteiger partial charge in [-0.2, -0.15) is 0 Å². The molecule has 1 saturated heterocycles. The van der Waals surface area contributed by atoms with E-state index in [2.05, 4.69) is 17.0 Å². The molecular formula is C24H29N3O4S2. The first-order chi connectivity index (χ1) is 15.7. The molecule has 1 atom stereocenters. The van der Waals surface area contributed by atoms with Crippen LogP contribution >= 0.6 is 11.3 Å². The van der Waals surface area contributed by atoms with Crippen LogP contribution in [0.25, 0.3) is 10.4 Å². The van der Waals surface area contributed by atoms with Crippen LogP contribution in [0.3, 0.4) is 0 Å². The smallest absolute Gasteiger partial charge is 0.262 e. The number of rotatable bonds is 7. The molecule has 7 nitrogen and oxygen atoms in total. The number of sulfonamides is 1. The molecule has 176 valence electrons. The summed E-state index contributed by atoms with van der Waals surface area (Å²) in [7, 11) is -3.84. The summed E-state index contributed by atoms with van der Waals surface area (Å²) in [6.45, 7) is 7.49. The number of phenols is 1. The molecule has 4 rings (SSSR count). The molecule has 1 aromatic heterocycles. The monoisotopic (exact) mass is 487 g/mol. The van der Waals surface area contributed by atoms with Crippen molar-refractivity contribution in [2.75, 3.05) is 23.3 Å². The van der Waals surface area contributed by atoms with Crippen LogP contribution in [0.1, 0.15) is 31.0 Å². The molecule has 3 N–H and O–H groups in total. The van der Waals surface area contributed by atoms with Gasteiger partial charge in [-0.1, -0.05) is 29.5 Å². The van der Waals surface area contributed by atoms with Crippen molar-refractivity contribution >= 4 is 32.2 Å². The van der Waals surface area contributed by atoms with Gasteiger partial charge in [0.2, 0.25) is 0 Å². The van der Waals surface area contributed by atoms with Crippen molar-refractivity contribution in [3.63, 3.8) is 0 Å². The van der Waals surface area contributed by atoms with Crippen LogP contribution in [0.2, 0.25) is 0 Å². The summed E-state index contributed by atoms with van der Waals surface area (Å²) in [6.07, 6.45) is 2.08. The molecule has 1 aliphatic heterocycles. The first-order valence-corrected chi connectivity index (χ1v) is 13.3. The number of anilines is 2. The van der Waals surface area contributed by atoms with Crippen molar-refractivity contribution in [3.8, 4) is 16.2 Å². The number of nitrogens with zero attached hydrogens (tertiary/aromatic N) is 1. The number of ether oxygens (including phenoxy) is 1. The van der Waals surface area contributed by atoms with Crippen LogP contribution in [0, 0.1) is 19.8 Å². The maximum absolute atomic E-state index is 13.1. The number of nitrogens with one attached hydrogen (secondary N) is 2. The van der Waals surface area contributed by atoms with E-state index in [9.17, 15) is 13.5 Å². The Kier molecular flexibility index (Phi) is 6.92. The highest BCUT2D eigenvalue weighted by Gasteiger charge is 2.23. The van der Waals surface area contributed by atoms with Crippen LogP contribution in [-0.2, 0) is 14.8 Å². The van der Waals surface area contributed by atoms with Crippen molar-refractivity contribution in [1.29, 1.82) is 0 Å². The van der Waals surface area contributed by atoms with Gasteiger partial charge in [-0.05, 0) is 68.9 Å². The van der Waals surface area contributed by atoms with Gasteiger partial charge in [0.15, 0.2) is 5.13 Å². The van der Waals surface area contributed by atoms with Crippen molar-refractivity contribution in [2.45, 2.75) is 44.6 Å². The summed E-state index contributed by atoms with van der Waals surface area (Å²) >= 11 is 1.53. The van der Waals surface area contributed by atoms with Crippen molar-refractivity contribution in [2.24, 2.45) is 5.92 Å². The van der Waals surface area contributed by atoms with Crippen molar-refractivity contribution in [3.05, 3.63) is 53.7 Å². The van der Waals surface area contributed by atoms with E-state index in [4.69, 9.17) is 9.72 Å². The summed E-state index contributed by atoms with van der Waals surface area (Å²) < 4.78 is 34.2. The fourth-order valence-electron chi connectivity index (χ4n) is 4.06. The number of aromatic hydroxyl groups is 1. The van der Waals surface area contributed by atoms with Crippen LogP contribution in [0.5, 0.6) is 5.75 Å². The summed E-state index contributed by atoms with van der Waals surface area (Å²) in [6, 6.07) is 11.8. The number of aryl methyl sites for hydroxylation is 2. The second kappa shape index (κ2) is 9.70. The van der Waals surface area contributed by atoms with Crippen LogP contribution < -0.4 is 10.0 Å². The van der Waals surface area contributed by atoms with E-state index in [0.29, 0.717) is 17.2 Å². The van der Waals surface area contributed by atoms with Gasteiger partial charge in [-0.25, -0.2) is 13.4 Å². The average Bonchev–Trinajstić information content (AvgIpc) is 3.14. The molecule has 0 saturated carbocycles. The summed E-state index contributed by atoms with van der Waals surface area (Å²) in [5, 5.41) is 14.0. The number of thiazole rings is 1. The topological polar surface area (TPSA) is 101 Å². The highest BCUT2D eigenvalue weighted by atomic mass is 32.2. The quantitative estimate of drug-likeness (QED) is 0.426. The van der Waals surface area contributed by atoms with Gasteiger partial charge in [-0.3, -0.25) is 4.72 Å². The van der Waals surface area contributed by atoms with Crippen LogP contribution in [0.15, 0.2) is 47.4 Å². The molecule has 2 aromatic carbocycles. The highest BCUT2D eigenvalue weighted by Crippen LogP contribution is 2.36. The third-order valence-corrected chi connectivity index (χ3v) is 8.62. The predicted octanol–water partition coefficient (Wildman–Crippen LogP) is 5.16. The second-order valence-corrected chi connectivity index (χ2v) is 11.1. The summed E-state index contributed by atoms with van der Waals surface area (Å²) in [5.74, 6) is 0.544. The molecule has 1 aliphatic rings. The molecule has 1 unspecified atom stereocenters. The highest BCUT2D eigenvalue weighted by molar-refractivity contribution is 7.92. The standard InChI is InChI=1S/C24H29N3O4S2/c1-15-7-8-19(13-22(15)33(29,30)27-20-5-4-6-21(28)14-20)23-17(3)26-24(32-23)25-16(2)18-9-11-31-12-10-18/h4-8,13-14,16,18,27-28H,9-12H2,1-3H3,(H,25,26). The van der Waals surface area contributed by atoms with Crippen LogP contribution in [-0.4, -0.2) is 37.8 Å². The SMILES string of the molecule is Cc1ccc(-c2sc(NC(C)C3CCOCC3)nc2C)cc1S(=O)(=O)Nc1cccc(O)c1. The molecule has 0 spiro atoms. The molecular weight excluding hydrogens is 458 g/mol. The lowest BCUT2D eigenvalue weighted by molar-refractivity contribution is 0.0622. The van der Waals surface area contributed by atoms with Crippen molar-refractivity contribution in [1.82, 2.24) is 4.98 Å². The number of benzene rings is 2. The Morgan fingerprint density at radius 3 is 2.64 bits per heavy atom. The zero-order valence-corrected chi connectivity index (χ0v) is 20.6. The summed E-state index contributed by atoms with van der Waals surface area (Å²) in [4.78, 5) is 5.83. The van der Waals surface area contributed by atoms with Gasteiger partial charge < -0.3 is 15.2 Å². The number of aromatic nitrogens is 1. The zero-order valence-electron chi connectivity index (χ0n) is 19.0. The minimum absolute atomic E-state index is 0.00373. The zero-order chi connectivity index (χ0) is 23.6. The molecule has 1 fully saturated rings. The normalized spacial score (nSPS) is 15.8. The fraction of sp³-hybridized carbons (Fsp3) is 0.375. The predicted molar refractivity (Wildman–Crippen MR) is 133 cm³/mol. The molecule has 33 heavy (non-hydrogen) atoms. The van der Waals surface area contributed by atoms with E-state index in [-0.39, 0.29) is 16.7 Å². The van der Waals surface area contributed by atoms with Gasteiger partial charge >= 0.3 is 0 Å². The van der Waals surface area contributed by atoms with Gasteiger partial charge in [0.1, 0.15) is 5.75 Å². The van der Waals surface area contributed by atoms with E-state index >= 15 is 0 Å². The minimum atomic E-state index is -3.84. The molecule has 3 aromatic rings. The Balaban J connectivity index is 1.58. The third-order valence-electron chi connectivity index (χ3n) is 5.96. The third kappa shape index (κ3) is 5.48. The van der Waals surface area contributed by atoms with E-state index < -0.39 is 10.0 Å². The Bertz CT molecular complexity index is 1230. The summed E-state index contributed by atoms with van der Waals surface area (Å²) in [5.41, 5.74) is 2.61. The van der Waals surface area contributed by atoms with Gasteiger partial charge in [-0.15, -0.1) is 0 Å². The van der Waals surface area contributed by atoms with E-state index in [1.165, 1.54) is 23.5 Å². The molecule has 2 heterocycles. The van der Waals surface area contributed by atoms with Gasteiger partial charge in [0.05, 0.1) is 21.2 Å². The molecule has 9 heteroatoms. The fourth-order valence-corrected chi connectivity index (χ4v) is 6.44. The maximum Gasteiger partial charge on any atom is 0.262 e. The first-order valence-electron chi connectivity index (χ1n) is 11.0. The lowest BCUT2D eigenvalue weighted by Gasteiger charge is -2.28. The minimum Gasteiger partial charge on any atom is -0.508 e. The maximum atomic E-state index is 13.1. The van der Waals surface area contributed by atoms with E-state index in [1.807, 2.05) is 19.1 Å². The molecule has 0 bridgehead atoms. The second-order valence-electron chi connectivity index (χ2n) is 8.45. The lowest BCUT2D eigenvalue weighted by Crippen LogP contribution is -2.30. The van der Waals surface area contributed by atoms with E-state index in [1.54, 1.807) is 25.1 Å². The Morgan fingerprint density at radius 2 is 1.91 bits per heavy atom. The largest absolute Gasteiger partial charge is 0.508 e. The number of hydrogen-bond acceptors (Lipinski definition) is 7.